The molecular weight excluding hydrogens is 362 g/mol. The van der Waals surface area contributed by atoms with Crippen molar-refractivity contribution in [2.45, 2.75) is 57.9 Å². The van der Waals surface area contributed by atoms with Crippen molar-refractivity contribution in [2.24, 2.45) is 0 Å². The average molecular weight is 396 g/mol. The summed E-state index contributed by atoms with van der Waals surface area (Å²) in [6, 6.07) is 14.1. The number of ether oxygens (including phenoxy) is 1. The Bertz CT molecular complexity index is 817. The first kappa shape index (κ1) is 21.4. The Morgan fingerprint density at radius 2 is 2.00 bits per heavy atom. The number of phenols is 1. The number of aryl methyl sites for hydroxylation is 1. The number of para-hydroxylation sites is 1. The van der Waals surface area contributed by atoms with Gasteiger partial charge >= 0.3 is 5.97 Å². The van der Waals surface area contributed by atoms with Crippen molar-refractivity contribution in [1.29, 1.82) is 0 Å². The fourth-order valence-electron chi connectivity index (χ4n) is 4.35. The quantitative estimate of drug-likeness (QED) is 0.487. The van der Waals surface area contributed by atoms with Crippen LogP contribution in [0.4, 0.5) is 0 Å². The molecule has 1 aliphatic rings. The summed E-state index contributed by atoms with van der Waals surface area (Å²) in [7, 11) is 1.43. The molecule has 0 aliphatic heterocycles. The number of nitrogens with zero attached hydrogens (tertiary/aromatic N) is 1. The third-order valence-electron chi connectivity index (χ3n) is 6.00. The number of hydrogen-bond acceptors (Lipinski definition) is 4. The highest BCUT2D eigenvalue weighted by molar-refractivity contribution is 5.89. The Morgan fingerprint density at radius 3 is 2.76 bits per heavy atom. The van der Waals surface area contributed by atoms with Gasteiger partial charge in [-0.1, -0.05) is 44.0 Å². The second-order valence-corrected chi connectivity index (χ2v) is 7.93. The zero-order chi connectivity index (χ0) is 20.6. The van der Waals surface area contributed by atoms with Crippen molar-refractivity contribution in [3.05, 3.63) is 64.7 Å². The number of unbranched alkanes of at least 4 members (excludes halogenated alkanes) is 1. The van der Waals surface area contributed by atoms with E-state index in [4.69, 9.17) is 4.74 Å². The van der Waals surface area contributed by atoms with Crippen LogP contribution >= 0.6 is 0 Å². The van der Waals surface area contributed by atoms with E-state index in [0.717, 1.165) is 57.2 Å². The van der Waals surface area contributed by atoms with Gasteiger partial charge in [-0.15, -0.1) is 0 Å². The van der Waals surface area contributed by atoms with Crippen LogP contribution in [0, 0.1) is 0 Å². The standard InChI is InChI=1S/C25H33NO3/c1-3-4-16-26(17-15-19-9-6-8-12-24(19)27)23-11-7-5-10-20-18-21(25(28)29-2)13-14-22(20)23/h6,8-9,12-14,18,23,27H,3-5,7,10-11,15-17H2,1-2H3. The van der Waals surface area contributed by atoms with Gasteiger partial charge in [-0.25, -0.2) is 4.79 Å². The SMILES string of the molecule is CCCCN(CCc1ccccc1O)C1CCCCc2cc(C(=O)OC)ccc21. The smallest absolute Gasteiger partial charge is 0.337 e. The molecule has 1 unspecified atom stereocenters. The second kappa shape index (κ2) is 10.4. The Labute approximate surface area is 174 Å². The fourth-order valence-corrected chi connectivity index (χ4v) is 4.35. The van der Waals surface area contributed by atoms with Gasteiger partial charge in [0.25, 0.3) is 0 Å². The van der Waals surface area contributed by atoms with E-state index in [-0.39, 0.29) is 5.97 Å². The predicted octanol–water partition coefficient (Wildman–Crippen LogP) is 5.29. The molecule has 3 rings (SSSR count). The maximum atomic E-state index is 12.0. The minimum atomic E-state index is -0.268. The lowest BCUT2D eigenvalue weighted by Gasteiger charge is -2.33. The van der Waals surface area contributed by atoms with Gasteiger partial charge in [0, 0.05) is 12.6 Å². The molecule has 156 valence electrons. The lowest BCUT2D eigenvalue weighted by Crippen LogP contribution is -2.32. The van der Waals surface area contributed by atoms with Gasteiger partial charge in [0.15, 0.2) is 0 Å². The molecule has 2 aromatic carbocycles. The molecule has 0 spiro atoms. The minimum absolute atomic E-state index is 0.268. The van der Waals surface area contributed by atoms with Crippen LogP contribution in [-0.2, 0) is 17.6 Å². The molecule has 0 radical (unpaired) electrons. The minimum Gasteiger partial charge on any atom is -0.508 e. The lowest BCUT2D eigenvalue weighted by molar-refractivity contribution is 0.0600. The van der Waals surface area contributed by atoms with Crippen LogP contribution in [0.15, 0.2) is 42.5 Å². The molecule has 0 aromatic heterocycles. The van der Waals surface area contributed by atoms with E-state index < -0.39 is 0 Å². The van der Waals surface area contributed by atoms with E-state index in [9.17, 15) is 9.90 Å². The van der Waals surface area contributed by atoms with Crippen molar-refractivity contribution in [2.75, 3.05) is 20.2 Å². The topological polar surface area (TPSA) is 49.8 Å². The average Bonchev–Trinajstić information content (AvgIpc) is 2.96. The Hall–Kier alpha value is -2.33. The van der Waals surface area contributed by atoms with Crippen LogP contribution in [0.1, 0.15) is 72.1 Å². The number of rotatable bonds is 8. The summed E-state index contributed by atoms with van der Waals surface area (Å²) < 4.78 is 4.91. The van der Waals surface area contributed by atoms with E-state index in [1.807, 2.05) is 30.3 Å². The molecule has 1 aliphatic carbocycles. The molecule has 0 heterocycles. The van der Waals surface area contributed by atoms with Gasteiger partial charge < -0.3 is 9.84 Å². The van der Waals surface area contributed by atoms with Gasteiger partial charge in [0.2, 0.25) is 0 Å². The summed E-state index contributed by atoms with van der Waals surface area (Å²) in [4.78, 5) is 14.6. The number of carbonyl (C=O) groups excluding carboxylic acids is 1. The molecule has 0 saturated heterocycles. The van der Waals surface area contributed by atoms with Crippen LogP contribution in [0.5, 0.6) is 5.75 Å². The van der Waals surface area contributed by atoms with Crippen LogP contribution in [-0.4, -0.2) is 36.2 Å². The first-order valence-electron chi connectivity index (χ1n) is 10.9. The molecule has 4 heteroatoms. The highest BCUT2D eigenvalue weighted by atomic mass is 16.5. The van der Waals surface area contributed by atoms with Crippen LogP contribution in [0.25, 0.3) is 0 Å². The lowest BCUT2D eigenvalue weighted by atomic mass is 9.95. The molecule has 0 saturated carbocycles. The Balaban J connectivity index is 1.85. The number of hydrogen-bond donors (Lipinski definition) is 1. The summed E-state index contributed by atoms with van der Waals surface area (Å²) in [5.41, 5.74) is 4.27. The zero-order valence-corrected chi connectivity index (χ0v) is 17.7. The molecule has 1 N–H and O–H groups in total. The van der Waals surface area contributed by atoms with Crippen molar-refractivity contribution >= 4 is 5.97 Å². The molecule has 0 fully saturated rings. The summed E-state index contributed by atoms with van der Waals surface area (Å²) in [6.45, 7) is 4.19. The molecule has 1 atom stereocenters. The number of benzene rings is 2. The van der Waals surface area contributed by atoms with Crippen molar-refractivity contribution in [3.63, 3.8) is 0 Å². The van der Waals surface area contributed by atoms with Gasteiger partial charge in [-0.3, -0.25) is 4.90 Å². The third-order valence-corrected chi connectivity index (χ3v) is 6.00. The Morgan fingerprint density at radius 1 is 1.17 bits per heavy atom. The third kappa shape index (κ3) is 5.39. The van der Waals surface area contributed by atoms with E-state index >= 15 is 0 Å². The van der Waals surface area contributed by atoms with Crippen LogP contribution in [0.3, 0.4) is 0 Å². The number of methoxy groups -OCH3 is 1. The summed E-state index contributed by atoms with van der Waals surface area (Å²) in [5.74, 6) is 0.114. The molecule has 2 aromatic rings. The zero-order valence-electron chi connectivity index (χ0n) is 17.7. The first-order valence-corrected chi connectivity index (χ1v) is 10.9. The van der Waals surface area contributed by atoms with Crippen LogP contribution < -0.4 is 0 Å². The van der Waals surface area contributed by atoms with Crippen molar-refractivity contribution < 1.29 is 14.6 Å². The van der Waals surface area contributed by atoms with Crippen LogP contribution in [0.2, 0.25) is 0 Å². The molecule has 4 nitrogen and oxygen atoms in total. The number of carbonyl (C=O) groups is 1. The highest BCUT2D eigenvalue weighted by Crippen LogP contribution is 2.34. The molecule has 0 bridgehead atoms. The fraction of sp³-hybridized carbons (Fsp3) is 0.480. The first-order chi connectivity index (χ1) is 14.1. The summed E-state index contributed by atoms with van der Waals surface area (Å²) in [6.07, 6.45) is 7.64. The van der Waals surface area contributed by atoms with E-state index in [2.05, 4.69) is 17.9 Å². The maximum Gasteiger partial charge on any atom is 0.337 e. The largest absolute Gasteiger partial charge is 0.508 e. The number of fused-ring (bicyclic) bond motifs is 1. The van der Waals surface area contributed by atoms with Crippen molar-refractivity contribution in [3.8, 4) is 5.75 Å². The van der Waals surface area contributed by atoms with E-state index in [1.165, 1.54) is 24.7 Å². The maximum absolute atomic E-state index is 12.0. The van der Waals surface area contributed by atoms with E-state index in [0.29, 0.717) is 17.4 Å². The predicted molar refractivity (Wildman–Crippen MR) is 116 cm³/mol. The Kier molecular flexibility index (Phi) is 7.70. The molecule has 0 amide bonds. The second-order valence-electron chi connectivity index (χ2n) is 7.93. The summed E-state index contributed by atoms with van der Waals surface area (Å²) in [5, 5.41) is 10.2. The van der Waals surface area contributed by atoms with Gasteiger partial charge in [-0.05, 0) is 73.5 Å². The van der Waals surface area contributed by atoms with Gasteiger partial charge in [0.05, 0.1) is 12.7 Å². The monoisotopic (exact) mass is 395 g/mol. The van der Waals surface area contributed by atoms with Gasteiger partial charge in [-0.2, -0.15) is 0 Å². The molecule has 29 heavy (non-hydrogen) atoms. The highest BCUT2D eigenvalue weighted by Gasteiger charge is 2.25. The van der Waals surface area contributed by atoms with Gasteiger partial charge in [0.1, 0.15) is 5.75 Å². The number of phenolic OH excluding ortho intramolecular Hbond substituents is 1. The van der Waals surface area contributed by atoms with Crippen molar-refractivity contribution in [1.82, 2.24) is 4.90 Å². The summed E-state index contributed by atoms with van der Waals surface area (Å²) >= 11 is 0. The number of esters is 1. The van der Waals surface area contributed by atoms with E-state index in [1.54, 1.807) is 6.07 Å². The normalized spacial score (nSPS) is 16.3. The number of aromatic hydroxyl groups is 1. The molecular formula is C25H33NO3.